The van der Waals surface area contributed by atoms with Crippen LogP contribution in [-0.4, -0.2) is 52.8 Å². The summed E-state index contributed by atoms with van der Waals surface area (Å²) >= 11 is 8.99. The molecule has 27 heavy (non-hydrogen) atoms. The summed E-state index contributed by atoms with van der Waals surface area (Å²) in [5.41, 5.74) is 0.574. The first-order chi connectivity index (χ1) is 13.1. The Hall–Kier alpha value is -2.22. The van der Waals surface area contributed by atoms with Gasteiger partial charge in [0.15, 0.2) is 0 Å². The Labute approximate surface area is 169 Å². The summed E-state index contributed by atoms with van der Waals surface area (Å²) in [7, 11) is 0. The van der Waals surface area contributed by atoms with E-state index in [1.807, 2.05) is 17.5 Å². The van der Waals surface area contributed by atoms with Crippen LogP contribution in [0.15, 0.2) is 48.0 Å². The minimum absolute atomic E-state index is 0.0230. The second kappa shape index (κ2) is 7.80. The van der Waals surface area contributed by atoms with Crippen molar-refractivity contribution in [1.82, 2.24) is 14.8 Å². The molecule has 5 nitrogen and oxygen atoms in total. The molecule has 138 valence electrons. The topological polar surface area (TPSA) is 53.5 Å². The van der Waals surface area contributed by atoms with Crippen molar-refractivity contribution in [3.05, 3.63) is 63.4 Å². The van der Waals surface area contributed by atoms with Gasteiger partial charge < -0.3 is 9.80 Å². The Kier molecular flexibility index (Phi) is 5.24. The maximum Gasteiger partial charge on any atom is 0.265 e. The van der Waals surface area contributed by atoms with Crippen LogP contribution in [0.3, 0.4) is 0 Å². The zero-order valence-electron chi connectivity index (χ0n) is 14.3. The fourth-order valence-corrected chi connectivity index (χ4v) is 4.84. The summed E-state index contributed by atoms with van der Waals surface area (Å²) in [5.74, 6) is -0.0764. The number of halogens is 1. The van der Waals surface area contributed by atoms with Crippen molar-refractivity contribution in [2.75, 3.05) is 26.2 Å². The molecule has 0 N–H and O–H groups in total. The van der Waals surface area contributed by atoms with E-state index in [-0.39, 0.29) is 11.8 Å². The molecule has 2 aromatic heterocycles. The molecule has 3 heterocycles. The number of thiazole rings is 1. The van der Waals surface area contributed by atoms with Gasteiger partial charge in [0.25, 0.3) is 11.8 Å². The minimum Gasteiger partial charge on any atom is -0.335 e. The Morgan fingerprint density at radius 2 is 1.74 bits per heavy atom. The van der Waals surface area contributed by atoms with Crippen LogP contribution < -0.4 is 0 Å². The molecule has 1 aliphatic rings. The van der Waals surface area contributed by atoms with Crippen LogP contribution in [0.4, 0.5) is 0 Å². The number of hydrogen-bond acceptors (Lipinski definition) is 5. The lowest BCUT2D eigenvalue weighted by Gasteiger charge is -2.34. The molecule has 1 aromatic carbocycles. The summed E-state index contributed by atoms with van der Waals surface area (Å²) in [6.07, 6.45) is 1.64. The van der Waals surface area contributed by atoms with Crippen molar-refractivity contribution in [3.8, 4) is 9.88 Å². The van der Waals surface area contributed by atoms with Crippen LogP contribution in [0.5, 0.6) is 0 Å². The van der Waals surface area contributed by atoms with Gasteiger partial charge in [0.1, 0.15) is 9.88 Å². The minimum atomic E-state index is -0.0534. The first-order valence-electron chi connectivity index (χ1n) is 8.45. The van der Waals surface area contributed by atoms with Crippen LogP contribution in [0.2, 0.25) is 5.02 Å². The fraction of sp³-hybridized carbons (Fsp3) is 0.211. The first-order valence-corrected chi connectivity index (χ1v) is 10.5. The highest BCUT2D eigenvalue weighted by Gasteiger charge is 2.26. The smallest absolute Gasteiger partial charge is 0.265 e. The normalized spacial score (nSPS) is 14.4. The Morgan fingerprint density at radius 3 is 2.41 bits per heavy atom. The van der Waals surface area contributed by atoms with Gasteiger partial charge in [-0.1, -0.05) is 23.7 Å². The molecule has 0 bridgehead atoms. The molecule has 0 spiro atoms. The summed E-state index contributed by atoms with van der Waals surface area (Å²) in [5, 5.41) is 3.40. The van der Waals surface area contributed by atoms with Gasteiger partial charge in [-0.25, -0.2) is 4.98 Å². The number of nitrogens with zero attached hydrogens (tertiary/aromatic N) is 3. The molecular weight excluding hydrogens is 402 g/mol. The number of hydrogen-bond donors (Lipinski definition) is 0. The molecule has 3 aromatic rings. The molecule has 0 unspecified atom stereocenters. The van der Waals surface area contributed by atoms with Gasteiger partial charge in [-0.05, 0) is 29.6 Å². The van der Waals surface area contributed by atoms with Crippen molar-refractivity contribution in [1.29, 1.82) is 0 Å². The van der Waals surface area contributed by atoms with E-state index < -0.39 is 0 Å². The molecule has 4 rings (SSSR count). The van der Waals surface area contributed by atoms with Crippen LogP contribution in [0, 0.1) is 0 Å². The summed E-state index contributed by atoms with van der Waals surface area (Å²) in [4.78, 5) is 35.0. The molecule has 0 atom stereocenters. The van der Waals surface area contributed by atoms with Crippen molar-refractivity contribution in [2.45, 2.75) is 0 Å². The van der Waals surface area contributed by atoms with Gasteiger partial charge in [-0.3, -0.25) is 9.59 Å². The quantitative estimate of drug-likeness (QED) is 0.644. The van der Waals surface area contributed by atoms with Crippen molar-refractivity contribution < 1.29 is 9.59 Å². The number of amides is 2. The lowest BCUT2D eigenvalue weighted by molar-refractivity contribution is 0.0538. The molecule has 1 fully saturated rings. The van der Waals surface area contributed by atoms with Crippen LogP contribution in [0.1, 0.15) is 20.0 Å². The predicted octanol–water partition coefficient (Wildman–Crippen LogP) is 4.12. The van der Waals surface area contributed by atoms with E-state index in [9.17, 15) is 9.59 Å². The molecule has 0 aliphatic carbocycles. The van der Waals surface area contributed by atoms with Gasteiger partial charge in [-0.2, -0.15) is 0 Å². The van der Waals surface area contributed by atoms with E-state index in [2.05, 4.69) is 4.98 Å². The number of aromatic nitrogens is 1. The Morgan fingerprint density at radius 1 is 1.00 bits per heavy atom. The van der Waals surface area contributed by atoms with E-state index in [4.69, 9.17) is 11.6 Å². The van der Waals surface area contributed by atoms with Crippen LogP contribution >= 0.6 is 34.3 Å². The number of rotatable bonds is 3. The standard InChI is InChI=1S/C19H16ClN3O2S2/c20-14-4-1-3-13(11-14)18(24)22-6-8-23(9-7-22)19(25)16-12-21-17(27-16)15-5-2-10-26-15/h1-5,10-12H,6-9H2. The van der Waals surface area contributed by atoms with Gasteiger partial charge in [-0.15, -0.1) is 22.7 Å². The van der Waals surface area contributed by atoms with Crippen molar-refractivity contribution >= 4 is 46.1 Å². The number of thiophene rings is 1. The number of benzene rings is 1. The van der Waals surface area contributed by atoms with Crippen molar-refractivity contribution in [3.63, 3.8) is 0 Å². The largest absolute Gasteiger partial charge is 0.335 e. The molecule has 0 radical (unpaired) electrons. The summed E-state index contributed by atoms with van der Waals surface area (Å²) in [6, 6.07) is 10.9. The van der Waals surface area contributed by atoms with E-state index in [0.29, 0.717) is 41.6 Å². The summed E-state index contributed by atoms with van der Waals surface area (Å²) in [6.45, 7) is 2.04. The molecular formula is C19H16ClN3O2S2. The van der Waals surface area contributed by atoms with E-state index in [0.717, 1.165) is 9.88 Å². The lowest BCUT2D eigenvalue weighted by Crippen LogP contribution is -2.50. The zero-order valence-corrected chi connectivity index (χ0v) is 16.7. The van der Waals surface area contributed by atoms with Crippen LogP contribution in [-0.2, 0) is 0 Å². The highest BCUT2D eigenvalue weighted by molar-refractivity contribution is 7.21. The van der Waals surface area contributed by atoms with Crippen LogP contribution in [0.25, 0.3) is 9.88 Å². The highest BCUT2D eigenvalue weighted by atomic mass is 35.5. The maximum atomic E-state index is 12.8. The average molecular weight is 418 g/mol. The third kappa shape index (κ3) is 3.90. The molecule has 2 amide bonds. The van der Waals surface area contributed by atoms with Gasteiger partial charge in [0.2, 0.25) is 0 Å². The Balaban J connectivity index is 1.39. The SMILES string of the molecule is O=C(c1cccc(Cl)c1)N1CCN(C(=O)c2cnc(-c3cccs3)s2)CC1. The second-order valence-corrected chi connectivity index (χ2v) is 8.52. The third-order valence-electron chi connectivity index (χ3n) is 4.37. The van der Waals surface area contributed by atoms with E-state index >= 15 is 0 Å². The molecule has 1 saturated heterocycles. The monoisotopic (exact) mass is 417 g/mol. The van der Waals surface area contributed by atoms with E-state index in [1.165, 1.54) is 11.3 Å². The van der Waals surface area contributed by atoms with Gasteiger partial charge in [0.05, 0.1) is 11.1 Å². The van der Waals surface area contributed by atoms with Crippen molar-refractivity contribution in [2.24, 2.45) is 0 Å². The predicted molar refractivity (Wildman–Crippen MR) is 109 cm³/mol. The van der Waals surface area contributed by atoms with Gasteiger partial charge in [0, 0.05) is 36.8 Å². The third-order valence-corrected chi connectivity index (χ3v) is 6.63. The lowest BCUT2D eigenvalue weighted by atomic mass is 10.2. The highest BCUT2D eigenvalue weighted by Crippen LogP contribution is 2.29. The molecule has 1 aliphatic heterocycles. The number of carbonyl (C=O) groups excluding carboxylic acids is 2. The fourth-order valence-electron chi connectivity index (χ4n) is 2.96. The zero-order chi connectivity index (χ0) is 18.8. The average Bonchev–Trinajstić information content (AvgIpc) is 3.38. The Bertz CT molecular complexity index is 963. The second-order valence-electron chi connectivity index (χ2n) is 6.10. The maximum absolute atomic E-state index is 12.8. The van der Waals surface area contributed by atoms with E-state index in [1.54, 1.807) is 51.6 Å². The first kappa shape index (κ1) is 18.2. The van der Waals surface area contributed by atoms with Gasteiger partial charge >= 0.3 is 0 Å². The number of carbonyl (C=O) groups is 2. The molecule has 0 saturated carbocycles. The molecule has 8 heteroatoms. The summed E-state index contributed by atoms with van der Waals surface area (Å²) < 4.78 is 0. The number of piperazine rings is 1.